The second-order valence-corrected chi connectivity index (χ2v) is 6.63. The number of rotatable bonds is 4. The molecule has 0 amide bonds. The lowest BCUT2D eigenvalue weighted by atomic mass is 9.89. The highest BCUT2D eigenvalue weighted by atomic mass is 14.1. The van der Waals surface area contributed by atoms with Gasteiger partial charge in [0.25, 0.3) is 0 Å². The lowest BCUT2D eigenvalue weighted by Crippen LogP contribution is -2.03. The molecule has 0 heterocycles. The Balaban J connectivity index is 2.04. The minimum atomic E-state index is 0.687. The predicted molar refractivity (Wildman–Crippen MR) is 96.5 cm³/mol. The van der Waals surface area contributed by atoms with Crippen LogP contribution in [0.2, 0.25) is 0 Å². The summed E-state index contributed by atoms with van der Waals surface area (Å²) in [6.45, 7) is 6.84. The third-order valence-corrected chi connectivity index (χ3v) is 4.38. The Bertz CT molecular complexity index is 776. The summed E-state index contributed by atoms with van der Waals surface area (Å²) in [5.74, 6) is 0.687. The zero-order chi connectivity index (χ0) is 15.5. The Morgan fingerprint density at radius 1 is 0.773 bits per heavy atom. The van der Waals surface area contributed by atoms with Crippen molar-refractivity contribution < 1.29 is 0 Å². The fourth-order valence-corrected chi connectivity index (χ4v) is 3.28. The maximum absolute atomic E-state index is 2.30. The number of aryl methyl sites for hydroxylation is 1. The first kappa shape index (κ1) is 14.8. The molecule has 0 bridgehead atoms. The molecule has 0 aliphatic carbocycles. The largest absolute Gasteiger partial charge is 0.0625 e. The summed E-state index contributed by atoms with van der Waals surface area (Å²) >= 11 is 0. The molecule has 3 aromatic carbocycles. The van der Waals surface area contributed by atoms with Crippen LogP contribution in [0.5, 0.6) is 0 Å². The van der Waals surface area contributed by atoms with Gasteiger partial charge in [-0.15, -0.1) is 0 Å². The highest BCUT2D eigenvalue weighted by Crippen LogP contribution is 2.25. The number of hydrogen-bond donors (Lipinski definition) is 0. The SMILES string of the molecule is Cc1cccc(Cc2cccc3ccccc23)c1CC(C)C. The van der Waals surface area contributed by atoms with E-state index < -0.39 is 0 Å². The fourth-order valence-electron chi connectivity index (χ4n) is 3.28. The van der Waals surface area contributed by atoms with E-state index >= 15 is 0 Å². The van der Waals surface area contributed by atoms with E-state index in [1.165, 1.54) is 33.0 Å². The summed E-state index contributed by atoms with van der Waals surface area (Å²) in [6.07, 6.45) is 2.18. The quantitative estimate of drug-likeness (QED) is 0.557. The highest BCUT2D eigenvalue weighted by molar-refractivity contribution is 5.86. The minimum Gasteiger partial charge on any atom is -0.0625 e. The molecule has 0 aromatic heterocycles. The first-order valence-corrected chi connectivity index (χ1v) is 8.19. The molecule has 0 saturated heterocycles. The standard InChI is InChI=1S/C22H24/c1-16(2)14-22-17(3)8-6-11-20(22)15-19-12-7-10-18-9-4-5-13-21(18)19/h4-13,16H,14-15H2,1-3H3. The van der Waals surface area contributed by atoms with E-state index in [4.69, 9.17) is 0 Å². The molecule has 0 N–H and O–H groups in total. The highest BCUT2D eigenvalue weighted by Gasteiger charge is 2.10. The van der Waals surface area contributed by atoms with E-state index in [-0.39, 0.29) is 0 Å². The van der Waals surface area contributed by atoms with Gasteiger partial charge < -0.3 is 0 Å². The van der Waals surface area contributed by atoms with Crippen molar-refractivity contribution in [1.82, 2.24) is 0 Å². The minimum absolute atomic E-state index is 0.687. The molecule has 112 valence electrons. The van der Waals surface area contributed by atoms with Gasteiger partial charge in [-0.1, -0.05) is 74.5 Å². The average molecular weight is 288 g/mol. The van der Waals surface area contributed by atoms with Crippen molar-refractivity contribution >= 4 is 10.8 Å². The third kappa shape index (κ3) is 3.06. The topological polar surface area (TPSA) is 0 Å². The summed E-state index contributed by atoms with van der Waals surface area (Å²) in [5, 5.41) is 2.71. The van der Waals surface area contributed by atoms with Crippen molar-refractivity contribution in [1.29, 1.82) is 0 Å². The first-order chi connectivity index (χ1) is 10.6. The predicted octanol–water partition coefficient (Wildman–Crippen LogP) is 5.94. The monoisotopic (exact) mass is 288 g/mol. The molecule has 0 heteroatoms. The van der Waals surface area contributed by atoms with Crippen LogP contribution in [-0.2, 0) is 12.8 Å². The summed E-state index contributed by atoms with van der Waals surface area (Å²) in [6, 6.07) is 22.1. The molecule has 0 nitrogen and oxygen atoms in total. The second-order valence-electron chi connectivity index (χ2n) is 6.63. The second kappa shape index (κ2) is 6.36. The van der Waals surface area contributed by atoms with Crippen molar-refractivity contribution in [3.8, 4) is 0 Å². The molecule has 3 aromatic rings. The molecule has 0 aliphatic heterocycles. The Kier molecular flexibility index (Phi) is 4.29. The molecule has 22 heavy (non-hydrogen) atoms. The first-order valence-electron chi connectivity index (χ1n) is 8.19. The van der Waals surface area contributed by atoms with E-state index in [0.717, 1.165) is 12.8 Å². The van der Waals surface area contributed by atoms with Crippen LogP contribution in [0.15, 0.2) is 60.7 Å². The molecule has 0 saturated carbocycles. The van der Waals surface area contributed by atoms with Crippen molar-refractivity contribution in [2.24, 2.45) is 5.92 Å². The van der Waals surface area contributed by atoms with E-state index in [1.807, 2.05) is 0 Å². The Labute approximate surface area is 133 Å². The van der Waals surface area contributed by atoms with Gasteiger partial charge in [-0.05, 0) is 58.7 Å². The maximum atomic E-state index is 2.30. The number of benzene rings is 3. The van der Waals surface area contributed by atoms with Crippen LogP contribution in [0.1, 0.15) is 36.1 Å². The van der Waals surface area contributed by atoms with Gasteiger partial charge >= 0.3 is 0 Å². The van der Waals surface area contributed by atoms with Crippen LogP contribution in [-0.4, -0.2) is 0 Å². The van der Waals surface area contributed by atoms with Gasteiger partial charge in [0.2, 0.25) is 0 Å². The summed E-state index contributed by atoms with van der Waals surface area (Å²) < 4.78 is 0. The molecular formula is C22H24. The zero-order valence-electron chi connectivity index (χ0n) is 13.8. The van der Waals surface area contributed by atoms with Crippen LogP contribution in [0, 0.1) is 12.8 Å². The Morgan fingerprint density at radius 2 is 1.45 bits per heavy atom. The van der Waals surface area contributed by atoms with Gasteiger partial charge in [0.05, 0.1) is 0 Å². The summed E-state index contributed by atoms with van der Waals surface area (Å²) in [7, 11) is 0. The van der Waals surface area contributed by atoms with Gasteiger partial charge in [-0.25, -0.2) is 0 Å². The van der Waals surface area contributed by atoms with Gasteiger partial charge in [-0.2, -0.15) is 0 Å². The lowest BCUT2D eigenvalue weighted by Gasteiger charge is -2.16. The molecule has 0 radical (unpaired) electrons. The smallest absolute Gasteiger partial charge is 0.00168 e. The van der Waals surface area contributed by atoms with E-state index in [1.54, 1.807) is 0 Å². The van der Waals surface area contributed by atoms with Crippen LogP contribution in [0.4, 0.5) is 0 Å². The Hall–Kier alpha value is -2.08. The molecule has 0 aliphatic rings. The van der Waals surface area contributed by atoms with Crippen molar-refractivity contribution in [2.45, 2.75) is 33.6 Å². The molecule has 3 rings (SSSR count). The lowest BCUT2D eigenvalue weighted by molar-refractivity contribution is 0.641. The summed E-state index contributed by atoms with van der Waals surface area (Å²) in [4.78, 5) is 0. The van der Waals surface area contributed by atoms with Gasteiger partial charge in [0.15, 0.2) is 0 Å². The van der Waals surface area contributed by atoms with E-state index in [2.05, 4.69) is 81.4 Å². The maximum Gasteiger partial charge on any atom is -0.00168 e. The van der Waals surface area contributed by atoms with Gasteiger partial charge in [-0.3, -0.25) is 0 Å². The van der Waals surface area contributed by atoms with E-state index in [0.29, 0.717) is 5.92 Å². The number of hydrogen-bond acceptors (Lipinski definition) is 0. The average Bonchev–Trinajstić information content (AvgIpc) is 2.51. The zero-order valence-corrected chi connectivity index (χ0v) is 13.8. The number of fused-ring (bicyclic) bond motifs is 1. The van der Waals surface area contributed by atoms with Crippen LogP contribution in [0.3, 0.4) is 0 Å². The molecule has 0 spiro atoms. The molecule has 0 atom stereocenters. The molecule has 0 unspecified atom stereocenters. The van der Waals surface area contributed by atoms with Crippen molar-refractivity contribution in [2.75, 3.05) is 0 Å². The van der Waals surface area contributed by atoms with Crippen molar-refractivity contribution in [3.63, 3.8) is 0 Å². The van der Waals surface area contributed by atoms with Crippen molar-refractivity contribution in [3.05, 3.63) is 82.9 Å². The van der Waals surface area contributed by atoms with Crippen LogP contribution >= 0.6 is 0 Å². The van der Waals surface area contributed by atoms with Crippen LogP contribution in [0.25, 0.3) is 10.8 Å². The van der Waals surface area contributed by atoms with Crippen LogP contribution < -0.4 is 0 Å². The molecule has 0 fully saturated rings. The summed E-state index contributed by atoms with van der Waals surface area (Å²) in [5.41, 5.74) is 5.86. The van der Waals surface area contributed by atoms with E-state index in [9.17, 15) is 0 Å². The molecular weight excluding hydrogens is 264 g/mol. The Morgan fingerprint density at radius 3 is 2.27 bits per heavy atom. The third-order valence-electron chi connectivity index (χ3n) is 4.38. The fraction of sp³-hybridized carbons (Fsp3) is 0.273. The van der Waals surface area contributed by atoms with Gasteiger partial charge in [0.1, 0.15) is 0 Å². The van der Waals surface area contributed by atoms with Gasteiger partial charge in [0, 0.05) is 0 Å². The normalized spacial score (nSPS) is 11.3.